The van der Waals surface area contributed by atoms with Crippen molar-refractivity contribution < 1.29 is 4.42 Å². The first-order chi connectivity index (χ1) is 23.8. The predicted molar refractivity (Wildman–Crippen MR) is 197 cm³/mol. The molecule has 0 aliphatic heterocycles. The summed E-state index contributed by atoms with van der Waals surface area (Å²) in [6, 6.07) is 57.0. The lowest BCUT2D eigenvalue weighted by molar-refractivity contribution is 0.671. The van der Waals surface area contributed by atoms with E-state index in [-0.39, 0.29) is 0 Å². The van der Waals surface area contributed by atoms with E-state index in [0.717, 1.165) is 77.5 Å². The summed E-state index contributed by atoms with van der Waals surface area (Å²) in [7, 11) is 0. The molecule has 0 radical (unpaired) electrons. The Morgan fingerprint density at radius 3 is 1.94 bits per heavy atom. The summed E-state index contributed by atoms with van der Waals surface area (Å²) in [6.07, 6.45) is 0. The third-order valence-corrected chi connectivity index (χ3v) is 9.42. The van der Waals surface area contributed by atoms with Gasteiger partial charge in [-0.2, -0.15) is 0 Å². The molecule has 10 rings (SSSR count). The summed E-state index contributed by atoms with van der Waals surface area (Å²) >= 11 is 0. The van der Waals surface area contributed by atoms with Crippen LogP contribution in [0.2, 0.25) is 0 Å². The van der Waals surface area contributed by atoms with E-state index in [9.17, 15) is 0 Å². The molecule has 48 heavy (non-hydrogen) atoms. The zero-order valence-corrected chi connectivity index (χ0v) is 25.8. The zero-order valence-electron chi connectivity index (χ0n) is 25.8. The van der Waals surface area contributed by atoms with Crippen LogP contribution in [0.1, 0.15) is 0 Å². The van der Waals surface area contributed by atoms with E-state index in [0.29, 0.717) is 5.82 Å². The maximum absolute atomic E-state index is 7.00. The lowest BCUT2D eigenvalue weighted by atomic mass is 10.00. The summed E-state index contributed by atoms with van der Waals surface area (Å²) in [5, 5.41) is 6.78. The third-order valence-electron chi connectivity index (χ3n) is 9.42. The van der Waals surface area contributed by atoms with Crippen LogP contribution in [0.4, 0.5) is 0 Å². The van der Waals surface area contributed by atoms with Crippen molar-refractivity contribution in [1.29, 1.82) is 0 Å². The molecule has 0 saturated heterocycles. The SMILES string of the molecule is c1ccc(-c2cc(-c3cccc4ccccc34)nc(-c3cccc4c3oc3c4ccc4c5ccccc5n(-c5ccccc5)c43)n2)cc1. The number of nitrogens with zero attached hydrogens (tertiary/aromatic N) is 3. The van der Waals surface area contributed by atoms with Gasteiger partial charge in [0.05, 0.1) is 28.0 Å². The largest absolute Gasteiger partial charge is 0.453 e. The maximum atomic E-state index is 7.00. The summed E-state index contributed by atoms with van der Waals surface area (Å²) < 4.78 is 9.32. The van der Waals surface area contributed by atoms with Gasteiger partial charge < -0.3 is 8.98 Å². The van der Waals surface area contributed by atoms with Crippen molar-refractivity contribution in [2.75, 3.05) is 0 Å². The highest BCUT2D eigenvalue weighted by Crippen LogP contribution is 2.42. The van der Waals surface area contributed by atoms with Gasteiger partial charge in [-0.15, -0.1) is 0 Å². The highest BCUT2D eigenvalue weighted by molar-refractivity contribution is 6.22. The molecule has 0 spiro atoms. The van der Waals surface area contributed by atoms with E-state index < -0.39 is 0 Å². The second-order valence-corrected chi connectivity index (χ2v) is 12.2. The Bertz CT molecular complexity index is 2830. The van der Waals surface area contributed by atoms with Crippen LogP contribution in [-0.2, 0) is 0 Å². The van der Waals surface area contributed by atoms with Crippen LogP contribution in [0, 0.1) is 0 Å². The number of furan rings is 1. The molecule has 3 aromatic heterocycles. The lowest BCUT2D eigenvalue weighted by Gasteiger charge is -2.11. The van der Waals surface area contributed by atoms with Gasteiger partial charge in [0, 0.05) is 38.4 Å². The van der Waals surface area contributed by atoms with Gasteiger partial charge in [-0.05, 0) is 47.2 Å². The van der Waals surface area contributed by atoms with Crippen LogP contribution in [0.5, 0.6) is 0 Å². The van der Waals surface area contributed by atoms with Crippen LogP contribution in [0.3, 0.4) is 0 Å². The quantitative estimate of drug-likeness (QED) is 0.198. The number of aromatic nitrogens is 3. The predicted octanol–water partition coefficient (Wildman–Crippen LogP) is 11.6. The summed E-state index contributed by atoms with van der Waals surface area (Å²) in [6.45, 7) is 0. The van der Waals surface area contributed by atoms with Crippen LogP contribution in [0.25, 0.3) is 94.1 Å². The maximum Gasteiger partial charge on any atom is 0.164 e. The van der Waals surface area contributed by atoms with Crippen molar-refractivity contribution in [3.63, 3.8) is 0 Å². The van der Waals surface area contributed by atoms with Gasteiger partial charge in [-0.25, -0.2) is 9.97 Å². The van der Waals surface area contributed by atoms with Gasteiger partial charge >= 0.3 is 0 Å². The van der Waals surface area contributed by atoms with Crippen molar-refractivity contribution in [1.82, 2.24) is 14.5 Å². The number of fused-ring (bicyclic) bond motifs is 8. The lowest BCUT2D eigenvalue weighted by Crippen LogP contribution is -1.96. The Morgan fingerprint density at radius 1 is 0.438 bits per heavy atom. The fourth-order valence-corrected chi connectivity index (χ4v) is 7.24. The van der Waals surface area contributed by atoms with Crippen molar-refractivity contribution >= 4 is 54.5 Å². The zero-order chi connectivity index (χ0) is 31.6. The van der Waals surface area contributed by atoms with Gasteiger partial charge in [0.15, 0.2) is 11.4 Å². The average Bonchev–Trinajstić information content (AvgIpc) is 3.71. The van der Waals surface area contributed by atoms with E-state index >= 15 is 0 Å². The molecular formula is C44H27N3O. The molecule has 0 bridgehead atoms. The summed E-state index contributed by atoms with van der Waals surface area (Å²) in [5.41, 5.74) is 9.62. The number of benzene rings is 7. The summed E-state index contributed by atoms with van der Waals surface area (Å²) in [4.78, 5) is 10.4. The monoisotopic (exact) mass is 613 g/mol. The van der Waals surface area contributed by atoms with Gasteiger partial charge in [0.25, 0.3) is 0 Å². The number of para-hydroxylation sites is 3. The Labute approximate surface area is 276 Å². The molecule has 0 aliphatic carbocycles. The van der Waals surface area contributed by atoms with Gasteiger partial charge in [0.1, 0.15) is 5.58 Å². The normalized spacial score (nSPS) is 11.8. The van der Waals surface area contributed by atoms with Gasteiger partial charge in [0.2, 0.25) is 0 Å². The molecule has 4 heteroatoms. The minimum Gasteiger partial charge on any atom is -0.453 e. The first kappa shape index (κ1) is 26.7. The number of rotatable bonds is 4. The molecule has 0 atom stereocenters. The Hall–Kier alpha value is -6.52. The molecule has 0 fully saturated rings. The summed E-state index contributed by atoms with van der Waals surface area (Å²) in [5.74, 6) is 0.629. The second kappa shape index (κ2) is 10.5. The fraction of sp³-hybridized carbons (Fsp3) is 0. The Kier molecular flexibility index (Phi) is 5.84. The number of hydrogen-bond acceptors (Lipinski definition) is 3. The van der Waals surface area contributed by atoms with E-state index in [1.165, 1.54) is 10.8 Å². The van der Waals surface area contributed by atoms with Crippen molar-refractivity contribution in [3.05, 3.63) is 164 Å². The highest BCUT2D eigenvalue weighted by Gasteiger charge is 2.22. The van der Waals surface area contributed by atoms with Crippen LogP contribution in [0.15, 0.2) is 168 Å². The molecular weight excluding hydrogens is 587 g/mol. The van der Waals surface area contributed by atoms with E-state index in [1.807, 2.05) is 18.2 Å². The Morgan fingerprint density at radius 2 is 1.06 bits per heavy atom. The molecule has 0 saturated carbocycles. The molecule has 224 valence electrons. The van der Waals surface area contributed by atoms with Gasteiger partial charge in [-0.3, -0.25) is 0 Å². The molecule has 3 heterocycles. The van der Waals surface area contributed by atoms with E-state index in [1.54, 1.807) is 0 Å². The van der Waals surface area contributed by atoms with Gasteiger partial charge in [-0.1, -0.05) is 127 Å². The molecule has 10 aromatic rings. The highest BCUT2D eigenvalue weighted by atomic mass is 16.3. The molecule has 0 unspecified atom stereocenters. The smallest absolute Gasteiger partial charge is 0.164 e. The average molecular weight is 614 g/mol. The van der Waals surface area contributed by atoms with Crippen molar-refractivity contribution in [2.24, 2.45) is 0 Å². The Balaban J connectivity index is 1.27. The molecule has 0 N–H and O–H groups in total. The van der Waals surface area contributed by atoms with Crippen LogP contribution in [-0.4, -0.2) is 14.5 Å². The standard InChI is InChI=1S/C44H27N3O/c1-3-14-29(15-4-1)38-27-39(32-21-11-16-28-13-7-8-19-31(28)32)46-44(45-38)37-23-12-22-35-36-26-25-34-33-20-9-10-24-40(33)47(30-17-5-2-6-18-30)41(34)43(36)48-42(35)37/h1-27H. The van der Waals surface area contributed by atoms with E-state index in [2.05, 4.69) is 150 Å². The fourth-order valence-electron chi connectivity index (χ4n) is 7.24. The molecule has 0 aliphatic rings. The molecule has 0 amide bonds. The topological polar surface area (TPSA) is 43.9 Å². The third kappa shape index (κ3) is 4.03. The molecule has 4 nitrogen and oxygen atoms in total. The van der Waals surface area contributed by atoms with Crippen molar-refractivity contribution in [2.45, 2.75) is 0 Å². The van der Waals surface area contributed by atoms with Crippen molar-refractivity contribution in [3.8, 4) is 39.6 Å². The first-order valence-electron chi connectivity index (χ1n) is 16.2. The van der Waals surface area contributed by atoms with E-state index in [4.69, 9.17) is 14.4 Å². The van der Waals surface area contributed by atoms with Crippen LogP contribution >= 0.6 is 0 Å². The first-order valence-corrected chi connectivity index (χ1v) is 16.2. The minimum atomic E-state index is 0.629. The number of hydrogen-bond donors (Lipinski definition) is 0. The molecule has 7 aromatic carbocycles. The van der Waals surface area contributed by atoms with Crippen LogP contribution < -0.4 is 0 Å². The minimum absolute atomic E-state index is 0.629. The second-order valence-electron chi connectivity index (χ2n) is 12.2.